The molecule has 0 saturated carbocycles. The summed E-state index contributed by atoms with van der Waals surface area (Å²) in [5.41, 5.74) is 0.989. The Kier molecular flexibility index (Phi) is 7.19. The topological polar surface area (TPSA) is 93.4 Å². The Labute approximate surface area is 187 Å². The zero-order chi connectivity index (χ0) is 22.5. The van der Waals surface area contributed by atoms with E-state index in [4.69, 9.17) is 28.1 Å². The van der Waals surface area contributed by atoms with Gasteiger partial charge in [-0.2, -0.15) is 0 Å². The van der Waals surface area contributed by atoms with Gasteiger partial charge < -0.3 is 28.1 Å². The molecule has 3 aromatic rings. The standard InChI is InChI=1S/C22H21BrO8/c1-12-20(22(25)29-8-7-26-2)14-10-18(15(23)11-17(14)30-12)31-21(24)13-5-6-16(27-3)19(9-13)28-4/h5-6,9-11H,7-8H2,1-4H3. The number of carbonyl (C=O) groups is 2. The fourth-order valence-corrected chi connectivity index (χ4v) is 3.37. The van der Waals surface area contributed by atoms with Crippen LogP contribution < -0.4 is 14.2 Å². The van der Waals surface area contributed by atoms with E-state index in [1.165, 1.54) is 27.4 Å². The number of carbonyl (C=O) groups excluding carboxylic acids is 2. The number of benzene rings is 2. The number of furan rings is 1. The van der Waals surface area contributed by atoms with Gasteiger partial charge in [0, 0.05) is 12.5 Å². The van der Waals surface area contributed by atoms with Crippen molar-refractivity contribution >= 4 is 38.8 Å². The molecule has 0 N–H and O–H groups in total. The number of fused-ring (bicyclic) bond motifs is 1. The van der Waals surface area contributed by atoms with E-state index in [1.54, 1.807) is 31.2 Å². The van der Waals surface area contributed by atoms with Crippen molar-refractivity contribution in [1.29, 1.82) is 0 Å². The molecule has 0 aliphatic heterocycles. The largest absolute Gasteiger partial charge is 0.493 e. The number of esters is 2. The number of hydrogen-bond donors (Lipinski definition) is 0. The SMILES string of the molecule is COCCOC(=O)c1c(C)oc2cc(Br)c(OC(=O)c3ccc(OC)c(OC)c3)cc12. The molecule has 0 fully saturated rings. The van der Waals surface area contributed by atoms with Crippen LogP contribution in [0.1, 0.15) is 26.5 Å². The molecule has 8 nitrogen and oxygen atoms in total. The fourth-order valence-electron chi connectivity index (χ4n) is 2.96. The van der Waals surface area contributed by atoms with Crippen molar-refractivity contribution in [3.05, 3.63) is 51.7 Å². The first-order valence-electron chi connectivity index (χ1n) is 9.22. The van der Waals surface area contributed by atoms with Crippen molar-refractivity contribution in [2.45, 2.75) is 6.92 Å². The molecule has 1 aromatic heterocycles. The maximum atomic E-state index is 12.7. The van der Waals surface area contributed by atoms with E-state index in [0.29, 0.717) is 32.7 Å². The highest BCUT2D eigenvalue weighted by Crippen LogP contribution is 2.36. The van der Waals surface area contributed by atoms with Crippen LogP contribution in [-0.2, 0) is 9.47 Å². The molecule has 0 spiro atoms. The third-order valence-corrected chi connectivity index (χ3v) is 5.08. The fraction of sp³-hybridized carbons (Fsp3) is 0.273. The molecule has 0 atom stereocenters. The summed E-state index contributed by atoms with van der Waals surface area (Å²) < 4.78 is 32.2. The Hall–Kier alpha value is -3.04. The number of hydrogen-bond acceptors (Lipinski definition) is 8. The van der Waals surface area contributed by atoms with Crippen LogP contribution in [0.3, 0.4) is 0 Å². The van der Waals surface area contributed by atoms with E-state index < -0.39 is 11.9 Å². The summed E-state index contributed by atoms with van der Waals surface area (Å²) in [4.78, 5) is 25.2. The summed E-state index contributed by atoms with van der Waals surface area (Å²) in [5.74, 6) is 0.357. The lowest BCUT2D eigenvalue weighted by Gasteiger charge is -2.10. The predicted octanol–water partition coefficient (Wildman–Crippen LogP) is 4.54. The lowest BCUT2D eigenvalue weighted by Crippen LogP contribution is -2.11. The van der Waals surface area contributed by atoms with Crippen LogP contribution in [0.15, 0.2) is 39.2 Å². The van der Waals surface area contributed by atoms with E-state index in [2.05, 4.69) is 15.9 Å². The Morgan fingerprint density at radius 3 is 2.35 bits per heavy atom. The van der Waals surface area contributed by atoms with E-state index in [-0.39, 0.29) is 30.1 Å². The van der Waals surface area contributed by atoms with Crippen molar-refractivity contribution in [3.8, 4) is 17.2 Å². The molecule has 0 bridgehead atoms. The van der Waals surface area contributed by atoms with Crippen LogP contribution in [0.5, 0.6) is 17.2 Å². The second-order valence-corrected chi connectivity index (χ2v) is 7.25. The average molecular weight is 493 g/mol. The maximum absolute atomic E-state index is 12.7. The number of halogens is 1. The summed E-state index contributed by atoms with van der Waals surface area (Å²) >= 11 is 3.38. The van der Waals surface area contributed by atoms with Gasteiger partial charge in [0.25, 0.3) is 0 Å². The zero-order valence-corrected chi connectivity index (χ0v) is 19.0. The highest BCUT2D eigenvalue weighted by Gasteiger charge is 2.22. The number of ether oxygens (including phenoxy) is 5. The van der Waals surface area contributed by atoms with Gasteiger partial charge in [-0.25, -0.2) is 9.59 Å². The third-order valence-electron chi connectivity index (χ3n) is 4.47. The second kappa shape index (κ2) is 9.84. The van der Waals surface area contributed by atoms with Crippen LogP contribution >= 0.6 is 15.9 Å². The van der Waals surface area contributed by atoms with Gasteiger partial charge in [-0.3, -0.25) is 0 Å². The van der Waals surface area contributed by atoms with Gasteiger partial charge in [0.1, 0.15) is 29.3 Å². The Balaban J connectivity index is 1.92. The van der Waals surface area contributed by atoms with Gasteiger partial charge in [-0.15, -0.1) is 0 Å². The normalized spacial score (nSPS) is 10.7. The summed E-state index contributed by atoms with van der Waals surface area (Å²) in [7, 11) is 4.50. The molecule has 0 amide bonds. The Morgan fingerprint density at radius 2 is 1.68 bits per heavy atom. The highest BCUT2D eigenvalue weighted by atomic mass is 79.9. The minimum Gasteiger partial charge on any atom is -0.493 e. The van der Waals surface area contributed by atoms with Crippen LogP contribution in [0.2, 0.25) is 0 Å². The molecule has 0 aliphatic rings. The maximum Gasteiger partial charge on any atom is 0.343 e. The van der Waals surface area contributed by atoms with E-state index in [9.17, 15) is 9.59 Å². The smallest absolute Gasteiger partial charge is 0.343 e. The van der Waals surface area contributed by atoms with Crippen molar-refractivity contribution in [2.24, 2.45) is 0 Å². The molecular formula is C22H21BrO8. The van der Waals surface area contributed by atoms with Crippen molar-refractivity contribution in [2.75, 3.05) is 34.5 Å². The summed E-state index contributed by atoms with van der Waals surface area (Å²) in [6.45, 7) is 2.05. The molecule has 0 aliphatic carbocycles. The van der Waals surface area contributed by atoms with Crippen LogP contribution in [-0.4, -0.2) is 46.5 Å². The number of methoxy groups -OCH3 is 3. The average Bonchev–Trinajstić information content (AvgIpc) is 3.07. The van der Waals surface area contributed by atoms with E-state index in [1.807, 2.05) is 0 Å². The summed E-state index contributed by atoms with van der Waals surface area (Å²) in [5, 5.41) is 0.471. The second-order valence-electron chi connectivity index (χ2n) is 6.40. The Morgan fingerprint density at radius 1 is 0.935 bits per heavy atom. The monoisotopic (exact) mass is 492 g/mol. The quantitative estimate of drug-likeness (QED) is 0.257. The minimum absolute atomic E-state index is 0.110. The lowest BCUT2D eigenvalue weighted by molar-refractivity contribution is 0.0388. The zero-order valence-electron chi connectivity index (χ0n) is 17.4. The Bertz CT molecular complexity index is 1120. The van der Waals surface area contributed by atoms with Gasteiger partial charge in [0.15, 0.2) is 11.5 Å². The first kappa shape index (κ1) is 22.6. The molecule has 31 heavy (non-hydrogen) atoms. The summed E-state index contributed by atoms with van der Waals surface area (Å²) in [6, 6.07) is 7.89. The molecule has 2 aromatic carbocycles. The number of aryl methyl sites for hydroxylation is 1. The molecule has 0 saturated heterocycles. The first-order valence-corrected chi connectivity index (χ1v) is 10.0. The van der Waals surface area contributed by atoms with Crippen LogP contribution in [0.4, 0.5) is 0 Å². The molecule has 3 rings (SSSR count). The summed E-state index contributed by atoms with van der Waals surface area (Å²) in [6.07, 6.45) is 0. The van der Waals surface area contributed by atoms with E-state index >= 15 is 0 Å². The predicted molar refractivity (Wildman–Crippen MR) is 115 cm³/mol. The molecule has 164 valence electrons. The highest BCUT2D eigenvalue weighted by molar-refractivity contribution is 9.10. The van der Waals surface area contributed by atoms with Gasteiger partial charge in [-0.1, -0.05) is 0 Å². The van der Waals surface area contributed by atoms with Crippen molar-refractivity contribution < 1.29 is 37.7 Å². The number of rotatable bonds is 8. The van der Waals surface area contributed by atoms with Crippen LogP contribution in [0, 0.1) is 6.92 Å². The van der Waals surface area contributed by atoms with Gasteiger partial charge >= 0.3 is 11.9 Å². The van der Waals surface area contributed by atoms with Gasteiger partial charge in [0.05, 0.1) is 30.9 Å². The molecule has 0 unspecified atom stereocenters. The molecular weight excluding hydrogens is 472 g/mol. The van der Waals surface area contributed by atoms with Crippen molar-refractivity contribution in [1.82, 2.24) is 0 Å². The van der Waals surface area contributed by atoms with Crippen LogP contribution in [0.25, 0.3) is 11.0 Å². The molecule has 9 heteroatoms. The minimum atomic E-state index is -0.606. The molecule has 1 heterocycles. The van der Waals surface area contributed by atoms with Gasteiger partial charge in [-0.05, 0) is 53.2 Å². The lowest BCUT2D eigenvalue weighted by atomic mass is 10.1. The first-order chi connectivity index (χ1) is 14.9. The van der Waals surface area contributed by atoms with E-state index in [0.717, 1.165) is 0 Å². The molecule has 0 radical (unpaired) electrons. The van der Waals surface area contributed by atoms with Gasteiger partial charge in [0.2, 0.25) is 0 Å². The third kappa shape index (κ3) is 4.83. The van der Waals surface area contributed by atoms with Crippen molar-refractivity contribution in [3.63, 3.8) is 0 Å².